The number of thioether (sulfide) groups is 1. The van der Waals surface area contributed by atoms with E-state index >= 15 is 0 Å². The van der Waals surface area contributed by atoms with E-state index in [9.17, 15) is 4.79 Å². The van der Waals surface area contributed by atoms with Gasteiger partial charge >= 0.3 is 5.97 Å². The van der Waals surface area contributed by atoms with E-state index in [-0.39, 0.29) is 11.4 Å². The highest BCUT2D eigenvalue weighted by atomic mass is 32.2. The lowest BCUT2D eigenvalue weighted by molar-refractivity contribution is -0.141. The zero-order chi connectivity index (χ0) is 14.9. The van der Waals surface area contributed by atoms with Crippen molar-refractivity contribution >= 4 is 23.4 Å². The molecule has 0 bridgehead atoms. The lowest BCUT2D eigenvalue weighted by atomic mass is 10.1. The Morgan fingerprint density at radius 3 is 2.65 bits per heavy atom. The standard InChI is InChI=1S/C14H23N3O2S/c1-9(2)12-11(15)13(17(3)16-12)20-8-14(5-6-14)7-10(18)19-4/h9H,5-8,15H2,1-4H3. The molecular formula is C14H23N3O2S. The molecule has 0 unspecified atom stereocenters. The van der Waals surface area contributed by atoms with Crippen molar-refractivity contribution in [3.8, 4) is 0 Å². The maximum absolute atomic E-state index is 11.4. The van der Waals surface area contributed by atoms with Gasteiger partial charge < -0.3 is 10.5 Å². The highest BCUT2D eigenvalue weighted by Crippen LogP contribution is 2.52. The first-order valence-electron chi connectivity index (χ1n) is 6.90. The number of methoxy groups -OCH3 is 1. The van der Waals surface area contributed by atoms with Crippen LogP contribution in [0.25, 0.3) is 0 Å². The van der Waals surface area contributed by atoms with Crippen LogP contribution in [0.3, 0.4) is 0 Å². The van der Waals surface area contributed by atoms with Gasteiger partial charge in [0, 0.05) is 12.8 Å². The smallest absolute Gasteiger partial charge is 0.306 e. The van der Waals surface area contributed by atoms with Crippen molar-refractivity contribution in [2.75, 3.05) is 18.6 Å². The molecule has 1 aromatic heterocycles. The molecule has 1 aliphatic carbocycles. The molecule has 0 amide bonds. The first-order valence-corrected chi connectivity index (χ1v) is 7.89. The Labute approximate surface area is 124 Å². The first kappa shape index (κ1) is 15.2. The van der Waals surface area contributed by atoms with Crippen LogP contribution in [0.15, 0.2) is 5.03 Å². The van der Waals surface area contributed by atoms with Gasteiger partial charge in [-0.25, -0.2) is 0 Å². The molecule has 0 aromatic carbocycles. The fourth-order valence-electron chi connectivity index (χ4n) is 2.29. The van der Waals surface area contributed by atoms with E-state index in [0.29, 0.717) is 12.3 Å². The van der Waals surface area contributed by atoms with E-state index in [1.165, 1.54) is 7.11 Å². The molecule has 0 saturated heterocycles. The van der Waals surface area contributed by atoms with Gasteiger partial charge in [0.1, 0.15) is 5.03 Å². The summed E-state index contributed by atoms with van der Waals surface area (Å²) >= 11 is 1.70. The Kier molecular flexibility index (Phi) is 4.32. The summed E-state index contributed by atoms with van der Waals surface area (Å²) in [6.07, 6.45) is 2.68. The summed E-state index contributed by atoms with van der Waals surface area (Å²) in [5.41, 5.74) is 8.02. The first-order chi connectivity index (χ1) is 9.38. The summed E-state index contributed by atoms with van der Waals surface area (Å²) in [6, 6.07) is 0. The molecule has 6 heteroatoms. The number of esters is 1. The van der Waals surface area contributed by atoms with Gasteiger partial charge in [0.15, 0.2) is 0 Å². The number of nitrogens with two attached hydrogens (primary N) is 1. The Morgan fingerprint density at radius 2 is 2.20 bits per heavy atom. The molecule has 1 saturated carbocycles. The van der Waals surface area contributed by atoms with Crippen LogP contribution in [-0.2, 0) is 16.6 Å². The SMILES string of the molecule is COC(=O)CC1(CSc2c(N)c(C(C)C)nn2C)CC1. The second kappa shape index (κ2) is 5.68. The van der Waals surface area contributed by atoms with E-state index in [4.69, 9.17) is 10.5 Å². The van der Waals surface area contributed by atoms with Gasteiger partial charge in [-0.3, -0.25) is 9.48 Å². The van der Waals surface area contributed by atoms with Crippen molar-refractivity contribution in [1.82, 2.24) is 9.78 Å². The summed E-state index contributed by atoms with van der Waals surface area (Å²) < 4.78 is 6.62. The van der Waals surface area contributed by atoms with E-state index in [0.717, 1.165) is 35.0 Å². The number of carbonyl (C=O) groups is 1. The Hall–Kier alpha value is -1.17. The van der Waals surface area contributed by atoms with E-state index in [1.807, 2.05) is 11.7 Å². The lowest BCUT2D eigenvalue weighted by Crippen LogP contribution is -2.13. The van der Waals surface area contributed by atoms with Crippen molar-refractivity contribution in [3.05, 3.63) is 5.69 Å². The topological polar surface area (TPSA) is 70.1 Å². The molecule has 0 spiro atoms. The zero-order valence-corrected chi connectivity index (χ0v) is 13.4. The van der Waals surface area contributed by atoms with Crippen LogP contribution in [0, 0.1) is 5.41 Å². The molecule has 0 atom stereocenters. The largest absolute Gasteiger partial charge is 0.469 e. The average molecular weight is 297 g/mol. The summed E-state index contributed by atoms with van der Waals surface area (Å²) in [7, 11) is 3.37. The normalized spacial score (nSPS) is 16.4. The molecule has 2 rings (SSSR count). The van der Waals surface area contributed by atoms with Crippen molar-refractivity contribution < 1.29 is 9.53 Å². The van der Waals surface area contributed by atoms with Gasteiger partial charge in [0.2, 0.25) is 0 Å². The molecule has 112 valence electrons. The summed E-state index contributed by atoms with van der Waals surface area (Å²) in [5, 5.41) is 5.49. The van der Waals surface area contributed by atoms with E-state index in [2.05, 4.69) is 18.9 Å². The molecular weight excluding hydrogens is 274 g/mol. The van der Waals surface area contributed by atoms with E-state index < -0.39 is 0 Å². The van der Waals surface area contributed by atoms with Crippen LogP contribution >= 0.6 is 11.8 Å². The molecule has 5 nitrogen and oxygen atoms in total. The maximum Gasteiger partial charge on any atom is 0.306 e. The molecule has 0 aliphatic heterocycles. The molecule has 2 N–H and O–H groups in total. The second-order valence-electron chi connectivity index (χ2n) is 5.92. The Balaban J connectivity index is 2.03. The second-order valence-corrected chi connectivity index (χ2v) is 6.89. The maximum atomic E-state index is 11.4. The third-order valence-electron chi connectivity index (χ3n) is 3.82. The highest BCUT2D eigenvalue weighted by Gasteiger charge is 2.44. The van der Waals surface area contributed by atoms with Crippen molar-refractivity contribution in [3.63, 3.8) is 0 Å². The number of nitrogens with zero attached hydrogens (tertiary/aromatic N) is 2. The molecule has 0 radical (unpaired) electrons. The molecule has 1 aliphatic rings. The predicted octanol–water partition coefficient (Wildman–Crippen LogP) is 2.56. The quantitative estimate of drug-likeness (QED) is 0.645. The van der Waals surface area contributed by atoms with Crippen LogP contribution in [0.5, 0.6) is 0 Å². The number of hydrogen-bond acceptors (Lipinski definition) is 5. The predicted molar refractivity (Wildman–Crippen MR) is 80.7 cm³/mol. The summed E-state index contributed by atoms with van der Waals surface area (Å²) in [6.45, 7) is 4.18. The zero-order valence-electron chi connectivity index (χ0n) is 12.6. The lowest BCUT2D eigenvalue weighted by Gasteiger charge is -2.13. The number of aromatic nitrogens is 2. The number of aryl methyl sites for hydroxylation is 1. The number of nitrogen functional groups attached to an aromatic ring is 1. The molecule has 20 heavy (non-hydrogen) atoms. The minimum absolute atomic E-state index is 0.104. The number of carbonyl (C=O) groups excluding carboxylic acids is 1. The fourth-order valence-corrected chi connectivity index (χ4v) is 3.61. The number of rotatable bonds is 6. The molecule has 1 fully saturated rings. The average Bonchev–Trinajstić information content (AvgIpc) is 3.08. The highest BCUT2D eigenvalue weighted by molar-refractivity contribution is 7.99. The van der Waals surface area contributed by atoms with E-state index in [1.54, 1.807) is 11.8 Å². The number of ether oxygens (including phenoxy) is 1. The summed E-state index contributed by atoms with van der Waals surface area (Å²) in [5.74, 6) is 1.09. The van der Waals surface area contributed by atoms with Gasteiger partial charge in [0.05, 0.1) is 24.9 Å². The van der Waals surface area contributed by atoms with Crippen molar-refractivity contribution in [1.29, 1.82) is 0 Å². The molecule has 1 heterocycles. The number of anilines is 1. The van der Waals surface area contributed by atoms with Crippen LogP contribution in [-0.4, -0.2) is 28.6 Å². The Morgan fingerprint density at radius 1 is 1.55 bits per heavy atom. The van der Waals surface area contributed by atoms with Gasteiger partial charge in [-0.05, 0) is 24.2 Å². The molecule has 1 aromatic rings. The van der Waals surface area contributed by atoms with Gasteiger partial charge in [-0.2, -0.15) is 5.10 Å². The van der Waals surface area contributed by atoms with Gasteiger partial charge in [-0.15, -0.1) is 11.8 Å². The third-order valence-corrected chi connectivity index (χ3v) is 5.34. The fraction of sp³-hybridized carbons (Fsp3) is 0.714. The van der Waals surface area contributed by atoms with Crippen LogP contribution in [0.2, 0.25) is 0 Å². The Bertz CT molecular complexity index is 507. The van der Waals surface area contributed by atoms with Crippen LogP contribution < -0.4 is 5.73 Å². The minimum Gasteiger partial charge on any atom is -0.469 e. The number of hydrogen-bond donors (Lipinski definition) is 1. The third kappa shape index (κ3) is 3.11. The van der Waals surface area contributed by atoms with Gasteiger partial charge in [0.25, 0.3) is 0 Å². The summed E-state index contributed by atoms with van der Waals surface area (Å²) in [4.78, 5) is 11.4. The minimum atomic E-state index is -0.121. The van der Waals surface area contributed by atoms with Crippen molar-refractivity contribution in [2.24, 2.45) is 12.5 Å². The van der Waals surface area contributed by atoms with Crippen molar-refractivity contribution in [2.45, 2.75) is 44.1 Å². The van der Waals surface area contributed by atoms with Gasteiger partial charge in [-0.1, -0.05) is 13.8 Å². The van der Waals surface area contributed by atoms with Crippen LogP contribution in [0.4, 0.5) is 5.69 Å². The monoisotopic (exact) mass is 297 g/mol. The van der Waals surface area contributed by atoms with Crippen LogP contribution in [0.1, 0.15) is 44.7 Å².